The Bertz CT molecular complexity index is 676. The Kier molecular flexibility index (Phi) is 7.82. The first-order valence-corrected chi connectivity index (χ1v) is 10.5. The summed E-state index contributed by atoms with van der Waals surface area (Å²) in [7, 11) is 0. The zero-order valence-corrected chi connectivity index (χ0v) is 17.1. The number of aromatic nitrogens is 2. The highest BCUT2D eigenvalue weighted by atomic mass is 32.2. The smallest absolute Gasteiger partial charge is 0.276 e. The number of thioether (sulfide) groups is 1. The number of carbonyl (C=O) groups excluding carboxylic acids is 3. The first kappa shape index (κ1) is 21.4. The third-order valence-corrected chi connectivity index (χ3v) is 5.17. The zero-order valence-electron chi connectivity index (χ0n) is 16.3. The molecule has 0 radical (unpaired) electrons. The van der Waals surface area contributed by atoms with Crippen molar-refractivity contribution in [2.24, 2.45) is 11.8 Å². The van der Waals surface area contributed by atoms with Crippen LogP contribution in [-0.2, 0) is 14.4 Å². The fourth-order valence-electron chi connectivity index (χ4n) is 3.41. The van der Waals surface area contributed by atoms with E-state index in [1.165, 1.54) is 18.7 Å². The van der Waals surface area contributed by atoms with E-state index in [1.54, 1.807) is 0 Å². The Morgan fingerprint density at radius 2 is 1.93 bits per heavy atom. The predicted molar refractivity (Wildman–Crippen MR) is 101 cm³/mol. The molecule has 1 saturated carbocycles. The van der Waals surface area contributed by atoms with Gasteiger partial charge in [0.15, 0.2) is 0 Å². The maximum atomic E-state index is 12.8. The Labute approximate surface area is 163 Å². The minimum absolute atomic E-state index is 0.167. The van der Waals surface area contributed by atoms with E-state index in [0.717, 1.165) is 19.3 Å². The highest BCUT2D eigenvalue weighted by Crippen LogP contribution is 2.27. The average Bonchev–Trinajstić information content (AvgIpc) is 3.08. The summed E-state index contributed by atoms with van der Waals surface area (Å²) in [6.07, 6.45) is 5.55. The van der Waals surface area contributed by atoms with E-state index < -0.39 is 17.7 Å². The van der Waals surface area contributed by atoms with Crippen LogP contribution in [0.15, 0.2) is 9.64 Å². The molecule has 0 aliphatic heterocycles. The molecule has 2 rings (SSSR count). The van der Waals surface area contributed by atoms with Gasteiger partial charge in [-0.05, 0) is 31.4 Å². The van der Waals surface area contributed by atoms with Crippen LogP contribution in [0.5, 0.6) is 0 Å². The van der Waals surface area contributed by atoms with Crippen molar-refractivity contribution in [3.63, 3.8) is 0 Å². The number of nitrogens with one attached hydrogen (secondary N) is 2. The summed E-state index contributed by atoms with van der Waals surface area (Å²) in [5, 5.41) is 13.6. The van der Waals surface area contributed by atoms with Crippen LogP contribution in [0.3, 0.4) is 0 Å². The Hall–Kier alpha value is -1.90. The number of rotatable bonds is 7. The molecule has 1 aliphatic carbocycles. The molecule has 0 saturated heterocycles. The quantitative estimate of drug-likeness (QED) is 0.679. The summed E-state index contributed by atoms with van der Waals surface area (Å²) in [5.41, 5.74) is 0. The Morgan fingerprint density at radius 1 is 1.22 bits per heavy atom. The van der Waals surface area contributed by atoms with Crippen molar-refractivity contribution in [3.8, 4) is 0 Å². The van der Waals surface area contributed by atoms with Crippen molar-refractivity contribution in [2.75, 3.05) is 6.26 Å². The third-order valence-electron chi connectivity index (χ3n) is 4.66. The van der Waals surface area contributed by atoms with Gasteiger partial charge in [0.05, 0.1) is 5.92 Å². The molecule has 150 valence electrons. The van der Waals surface area contributed by atoms with Crippen molar-refractivity contribution >= 4 is 29.5 Å². The Balaban J connectivity index is 2.10. The van der Waals surface area contributed by atoms with Crippen molar-refractivity contribution in [2.45, 2.75) is 70.1 Å². The summed E-state index contributed by atoms with van der Waals surface area (Å²) < 4.78 is 5.53. The molecule has 3 atom stereocenters. The predicted octanol–water partition coefficient (Wildman–Crippen LogP) is 2.26. The molecule has 1 heterocycles. The Morgan fingerprint density at radius 3 is 2.52 bits per heavy atom. The van der Waals surface area contributed by atoms with Crippen molar-refractivity contribution < 1.29 is 18.8 Å². The van der Waals surface area contributed by atoms with Crippen LogP contribution >= 0.6 is 11.8 Å². The topological polar surface area (TPSA) is 114 Å². The molecule has 27 heavy (non-hydrogen) atoms. The second-order valence-corrected chi connectivity index (χ2v) is 8.10. The molecule has 1 aliphatic rings. The van der Waals surface area contributed by atoms with Gasteiger partial charge in [-0.3, -0.25) is 19.7 Å². The fraction of sp³-hybridized carbons (Fsp3) is 0.722. The highest BCUT2D eigenvalue weighted by molar-refractivity contribution is 7.98. The van der Waals surface area contributed by atoms with Crippen molar-refractivity contribution in [1.82, 2.24) is 20.8 Å². The number of hydrogen-bond donors (Lipinski definition) is 2. The van der Waals surface area contributed by atoms with E-state index in [9.17, 15) is 14.4 Å². The first-order valence-electron chi connectivity index (χ1n) is 9.31. The molecule has 0 aromatic carbocycles. The standard InChI is InChI=1S/C18H28N4O4S/c1-10(2)9-13(17-21-22-18(26-17)27-4)16(25)20-15(24)12-7-5-6-8-14(12)19-11(3)23/h10,12-14H,5-9H2,1-4H3,(H,19,23)(H,20,24,25)/t12-,13-,14+/m1/s1. The molecule has 0 unspecified atom stereocenters. The van der Waals surface area contributed by atoms with Crippen LogP contribution in [0, 0.1) is 11.8 Å². The van der Waals surface area contributed by atoms with Gasteiger partial charge < -0.3 is 9.73 Å². The fourth-order valence-corrected chi connectivity index (χ4v) is 3.71. The molecule has 8 nitrogen and oxygen atoms in total. The molecule has 0 spiro atoms. The van der Waals surface area contributed by atoms with Gasteiger partial charge in [0.2, 0.25) is 23.6 Å². The number of nitrogens with zero attached hydrogens (tertiary/aromatic N) is 2. The van der Waals surface area contributed by atoms with Crippen LogP contribution in [-0.4, -0.2) is 40.2 Å². The number of amides is 3. The van der Waals surface area contributed by atoms with Crippen molar-refractivity contribution in [3.05, 3.63) is 5.89 Å². The SMILES string of the molecule is CSc1nnc([C@H](CC(C)C)C(=O)NC(=O)[C@@H]2CCCC[C@@H]2NC(C)=O)o1. The maximum absolute atomic E-state index is 12.8. The van der Waals surface area contributed by atoms with E-state index in [1.807, 2.05) is 20.1 Å². The van der Waals surface area contributed by atoms with E-state index in [2.05, 4.69) is 20.8 Å². The lowest BCUT2D eigenvalue weighted by Gasteiger charge is -2.31. The van der Waals surface area contributed by atoms with Crippen LogP contribution in [0.1, 0.15) is 64.7 Å². The molecule has 9 heteroatoms. The summed E-state index contributed by atoms with van der Waals surface area (Å²) in [6, 6.07) is -0.237. The van der Waals surface area contributed by atoms with E-state index >= 15 is 0 Å². The number of carbonyl (C=O) groups is 3. The largest absolute Gasteiger partial charge is 0.415 e. The molecule has 1 aromatic heterocycles. The average molecular weight is 397 g/mol. The van der Waals surface area contributed by atoms with Crippen molar-refractivity contribution in [1.29, 1.82) is 0 Å². The van der Waals surface area contributed by atoms with Gasteiger partial charge in [-0.2, -0.15) is 0 Å². The first-order chi connectivity index (χ1) is 12.8. The normalized spacial score (nSPS) is 20.9. The van der Waals surface area contributed by atoms with E-state index in [4.69, 9.17) is 4.42 Å². The number of imide groups is 1. The molecule has 0 bridgehead atoms. The molecule has 1 fully saturated rings. The molecular weight excluding hydrogens is 368 g/mol. The van der Waals surface area contributed by atoms with Gasteiger partial charge in [0.25, 0.3) is 5.22 Å². The third kappa shape index (κ3) is 6.05. The van der Waals surface area contributed by atoms with Crippen LogP contribution in [0.25, 0.3) is 0 Å². The van der Waals surface area contributed by atoms with Crippen LogP contribution < -0.4 is 10.6 Å². The van der Waals surface area contributed by atoms with E-state index in [0.29, 0.717) is 18.1 Å². The maximum Gasteiger partial charge on any atom is 0.276 e. The van der Waals surface area contributed by atoms with Gasteiger partial charge in [-0.25, -0.2) is 0 Å². The minimum Gasteiger partial charge on any atom is -0.415 e. The minimum atomic E-state index is -0.676. The molecular formula is C18H28N4O4S. The molecule has 1 aromatic rings. The lowest BCUT2D eigenvalue weighted by Crippen LogP contribution is -2.49. The second kappa shape index (κ2) is 9.87. The van der Waals surface area contributed by atoms with Gasteiger partial charge in [-0.1, -0.05) is 38.5 Å². The highest BCUT2D eigenvalue weighted by Gasteiger charge is 2.35. The molecule has 2 N–H and O–H groups in total. The lowest BCUT2D eigenvalue weighted by molar-refractivity contribution is -0.135. The molecule has 3 amide bonds. The lowest BCUT2D eigenvalue weighted by atomic mass is 9.83. The summed E-state index contributed by atoms with van der Waals surface area (Å²) >= 11 is 1.30. The van der Waals surface area contributed by atoms with Crippen LogP contribution in [0.2, 0.25) is 0 Å². The van der Waals surface area contributed by atoms with Gasteiger partial charge in [0.1, 0.15) is 5.92 Å². The number of hydrogen-bond acceptors (Lipinski definition) is 7. The van der Waals surface area contributed by atoms with E-state index in [-0.39, 0.29) is 29.7 Å². The summed E-state index contributed by atoms with van der Waals surface area (Å²) in [6.45, 7) is 5.41. The zero-order chi connectivity index (χ0) is 20.0. The second-order valence-electron chi connectivity index (χ2n) is 7.34. The van der Waals surface area contributed by atoms with Gasteiger partial charge >= 0.3 is 0 Å². The summed E-state index contributed by atoms with van der Waals surface area (Å²) in [5.74, 6) is -1.60. The van der Waals surface area contributed by atoms with Gasteiger partial charge in [-0.15, -0.1) is 10.2 Å². The van der Waals surface area contributed by atoms with Crippen LogP contribution in [0.4, 0.5) is 0 Å². The summed E-state index contributed by atoms with van der Waals surface area (Å²) in [4.78, 5) is 36.9. The monoisotopic (exact) mass is 396 g/mol. The van der Waals surface area contributed by atoms with Gasteiger partial charge in [0, 0.05) is 13.0 Å².